The highest BCUT2D eigenvalue weighted by Crippen LogP contribution is 2.65. The first-order valence-electron chi connectivity index (χ1n) is 15.6. The molecule has 3 aromatic rings. The van der Waals surface area contributed by atoms with Gasteiger partial charge in [0.05, 0.1) is 59.6 Å². The Hall–Kier alpha value is -3.05. The maximum absolute atomic E-state index is 12.1. The molecule has 7 rings (SSSR count). The largest absolute Gasteiger partial charge is 0.493 e. The molecule has 0 radical (unpaired) electrons. The van der Waals surface area contributed by atoms with Crippen LogP contribution in [-0.4, -0.2) is 86.0 Å². The predicted molar refractivity (Wildman–Crippen MR) is 177 cm³/mol. The Labute approximate surface area is 279 Å². The number of aliphatic carboxylic acids is 1. The molecule has 246 valence electrons. The van der Waals surface area contributed by atoms with Crippen molar-refractivity contribution in [1.82, 2.24) is 4.90 Å². The lowest BCUT2D eigenvalue weighted by atomic mass is 9.48. The summed E-state index contributed by atoms with van der Waals surface area (Å²) in [5.41, 5.74) is 3.17. The minimum absolute atomic E-state index is 0.0486. The summed E-state index contributed by atoms with van der Waals surface area (Å²) in [6.45, 7) is 2.06. The van der Waals surface area contributed by atoms with Crippen LogP contribution >= 0.6 is 23.2 Å². The van der Waals surface area contributed by atoms with Crippen molar-refractivity contribution in [1.29, 1.82) is 0 Å². The summed E-state index contributed by atoms with van der Waals surface area (Å²) >= 11 is 12.1. The van der Waals surface area contributed by atoms with Gasteiger partial charge < -0.3 is 39.4 Å². The topological polar surface area (TPSA) is 110 Å². The van der Waals surface area contributed by atoms with Crippen LogP contribution in [0.2, 0.25) is 10.0 Å². The van der Waals surface area contributed by atoms with E-state index in [2.05, 4.69) is 23.3 Å². The number of aliphatic hydroxyl groups is 1. The SMILES string of the molecule is COCCO[C@H]1CC[C@@]2(O)[C@H]3Cc4ccc(OC)c5c4[C@@]2(CCN3C)[C@H]1O5.O=C(O)Cc1ccccc1Nc1c(Cl)cccc1Cl. The number of nitrogens with zero attached hydrogens (tertiary/aromatic N) is 1. The van der Waals surface area contributed by atoms with Crippen LogP contribution in [0.25, 0.3) is 0 Å². The Morgan fingerprint density at radius 1 is 1.07 bits per heavy atom. The Kier molecular flexibility index (Phi) is 9.45. The average molecular weight is 672 g/mol. The van der Waals surface area contributed by atoms with E-state index in [9.17, 15) is 9.90 Å². The Morgan fingerprint density at radius 2 is 1.83 bits per heavy atom. The third-order valence-corrected chi connectivity index (χ3v) is 10.7. The van der Waals surface area contributed by atoms with Crippen molar-refractivity contribution in [2.45, 2.75) is 61.4 Å². The first kappa shape index (κ1) is 32.9. The number of benzene rings is 3. The van der Waals surface area contributed by atoms with Gasteiger partial charge in [-0.3, -0.25) is 4.79 Å². The summed E-state index contributed by atoms with van der Waals surface area (Å²) in [6, 6.07) is 16.6. The van der Waals surface area contributed by atoms with E-state index in [0.29, 0.717) is 40.2 Å². The normalized spacial score (nSPS) is 27.1. The second-order valence-electron chi connectivity index (χ2n) is 12.4. The molecular formula is C35H40Cl2N2O7. The molecular weight excluding hydrogens is 631 g/mol. The number of hydrogen-bond donors (Lipinski definition) is 3. The van der Waals surface area contributed by atoms with Gasteiger partial charge >= 0.3 is 5.97 Å². The van der Waals surface area contributed by atoms with Gasteiger partial charge in [-0.05, 0) is 74.7 Å². The summed E-state index contributed by atoms with van der Waals surface area (Å²) in [5.74, 6) is 0.691. The molecule has 2 aliphatic heterocycles. The molecule has 2 aliphatic carbocycles. The summed E-state index contributed by atoms with van der Waals surface area (Å²) in [7, 11) is 5.50. The van der Waals surface area contributed by atoms with Gasteiger partial charge in [-0.25, -0.2) is 0 Å². The molecule has 2 fully saturated rings. The minimum atomic E-state index is -0.889. The van der Waals surface area contributed by atoms with Gasteiger partial charge in [0.2, 0.25) is 0 Å². The Morgan fingerprint density at radius 3 is 2.54 bits per heavy atom. The number of piperidine rings is 1. The number of nitrogens with one attached hydrogen (secondary N) is 1. The van der Waals surface area contributed by atoms with Crippen LogP contribution in [0.3, 0.4) is 0 Å². The fourth-order valence-corrected chi connectivity index (χ4v) is 8.51. The number of hydrogen-bond acceptors (Lipinski definition) is 8. The number of methoxy groups -OCH3 is 2. The number of anilines is 2. The van der Waals surface area contributed by atoms with E-state index in [1.165, 1.54) is 11.1 Å². The van der Waals surface area contributed by atoms with Crippen molar-refractivity contribution in [2.24, 2.45) is 0 Å². The smallest absolute Gasteiger partial charge is 0.307 e. The molecule has 0 amide bonds. The molecule has 11 heteroatoms. The zero-order valence-corrected chi connectivity index (χ0v) is 27.7. The fourth-order valence-electron chi connectivity index (χ4n) is 8.02. The van der Waals surface area contributed by atoms with E-state index in [4.69, 9.17) is 47.3 Å². The van der Waals surface area contributed by atoms with E-state index in [0.717, 1.165) is 43.7 Å². The van der Waals surface area contributed by atoms with Crippen LogP contribution in [0.1, 0.15) is 36.0 Å². The second kappa shape index (κ2) is 13.2. The summed E-state index contributed by atoms with van der Waals surface area (Å²) in [6.07, 6.45) is 2.95. The van der Waals surface area contributed by atoms with Gasteiger partial charge in [-0.15, -0.1) is 0 Å². The third-order valence-electron chi connectivity index (χ3n) is 10.1. The van der Waals surface area contributed by atoms with Gasteiger partial charge in [0.25, 0.3) is 0 Å². The number of carboxylic acid groups (broad SMARTS) is 1. The summed E-state index contributed by atoms with van der Waals surface area (Å²) in [5, 5.41) is 25.0. The van der Waals surface area contributed by atoms with Crippen molar-refractivity contribution in [3.05, 3.63) is 81.3 Å². The van der Waals surface area contributed by atoms with Crippen molar-refractivity contribution >= 4 is 40.5 Å². The molecule has 2 heterocycles. The highest BCUT2D eigenvalue weighted by molar-refractivity contribution is 6.39. The quantitative estimate of drug-likeness (QED) is 0.241. The molecule has 4 aliphatic rings. The highest BCUT2D eigenvalue weighted by atomic mass is 35.5. The van der Waals surface area contributed by atoms with Gasteiger partial charge in [-0.2, -0.15) is 0 Å². The van der Waals surface area contributed by atoms with Gasteiger partial charge in [0.1, 0.15) is 6.10 Å². The fraction of sp³-hybridized carbons (Fsp3) is 0.457. The standard InChI is InChI=1S/C21H29NO5.C14H11Cl2NO2/c1-22-9-8-20-17-13-4-5-14(25-3)18(17)27-19(20)15(26-11-10-24-2)6-7-21(20,23)16(22)12-13;15-10-5-3-6-11(16)14(10)17-12-7-2-1-4-9(12)8-13(18)19/h4-5,15-16,19,23H,6-12H2,1-3H3;1-7,17H,8H2,(H,18,19)/t15-,16+,19-,20-,21+;/m0./s1. The molecule has 46 heavy (non-hydrogen) atoms. The number of carbonyl (C=O) groups is 1. The maximum atomic E-state index is 12.1. The van der Waals surface area contributed by atoms with Crippen LogP contribution < -0.4 is 14.8 Å². The molecule has 0 aromatic heterocycles. The van der Waals surface area contributed by atoms with E-state index in [-0.39, 0.29) is 24.7 Å². The molecule has 1 saturated carbocycles. The zero-order chi connectivity index (χ0) is 32.6. The lowest BCUT2D eigenvalue weighted by Gasteiger charge is -2.63. The van der Waals surface area contributed by atoms with Gasteiger partial charge in [0, 0.05) is 24.4 Å². The van der Waals surface area contributed by atoms with Crippen LogP contribution in [0.15, 0.2) is 54.6 Å². The lowest BCUT2D eigenvalue weighted by molar-refractivity contribution is -0.212. The molecule has 9 nitrogen and oxygen atoms in total. The van der Waals surface area contributed by atoms with Crippen molar-refractivity contribution in [3.63, 3.8) is 0 Å². The van der Waals surface area contributed by atoms with Crippen LogP contribution in [0, 0.1) is 0 Å². The Balaban J connectivity index is 0.000000173. The molecule has 2 bridgehead atoms. The molecule has 1 spiro atoms. The van der Waals surface area contributed by atoms with E-state index < -0.39 is 17.0 Å². The number of carboxylic acids is 1. The van der Waals surface area contributed by atoms with E-state index >= 15 is 0 Å². The average Bonchev–Trinajstić information content (AvgIpc) is 3.39. The number of ether oxygens (including phenoxy) is 4. The van der Waals surface area contributed by atoms with Crippen molar-refractivity contribution < 1.29 is 34.0 Å². The molecule has 5 atom stereocenters. The zero-order valence-electron chi connectivity index (χ0n) is 26.2. The molecule has 3 N–H and O–H groups in total. The van der Waals surface area contributed by atoms with Crippen LogP contribution in [0.5, 0.6) is 11.5 Å². The number of likely N-dealkylation sites (tertiary alicyclic amines) is 1. The maximum Gasteiger partial charge on any atom is 0.307 e. The first-order chi connectivity index (χ1) is 22.1. The summed E-state index contributed by atoms with van der Waals surface area (Å²) < 4.78 is 23.6. The first-order valence-corrected chi connectivity index (χ1v) is 16.3. The van der Waals surface area contributed by atoms with Gasteiger partial charge in [0.15, 0.2) is 11.5 Å². The van der Waals surface area contributed by atoms with Crippen molar-refractivity contribution in [3.8, 4) is 11.5 Å². The van der Waals surface area contributed by atoms with Crippen molar-refractivity contribution in [2.75, 3.05) is 46.3 Å². The monoisotopic (exact) mass is 670 g/mol. The van der Waals surface area contributed by atoms with E-state index in [1.807, 2.05) is 12.1 Å². The van der Waals surface area contributed by atoms with Crippen LogP contribution in [0.4, 0.5) is 11.4 Å². The predicted octanol–water partition coefficient (Wildman–Crippen LogP) is 5.87. The lowest BCUT2D eigenvalue weighted by Crippen LogP contribution is -2.76. The Bertz CT molecular complexity index is 1580. The van der Waals surface area contributed by atoms with Crippen LogP contribution in [-0.2, 0) is 32.5 Å². The third kappa shape index (κ3) is 5.51. The summed E-state index contributed by atoms with van der Waals surface area (Å²) in [4.78, 5) is 13.2. The number of halogens is 2. The molecule has 3 aromatic carbocycles. The molecule has 0 unspecified atom stereocenters. The number of likely N-dealkylation sites (N-methyl/N-ethyl adjacent to an activating group) is 1. The second-order valence-corrected chi connectivity index (χ2v) is 13.2. The number of para-hydroxylation sites is 2. The van der Waals surface area contributed by atoms with Gasteiger partial charge in [-0.1, -0.05) is 53.5 Å². The minimum Gasteiger partial charge on any atom is -0.493 e. The van der Waals surface area contributed by atoms with E-state index in [1.54, 1.807) is 50.6 Å². The highest BCUT2D eigenvalue weighted by Gasteiger charge is 2.72. The molecule has 1 saturated heterocycles. The number of rotatable bonds is 9.